The van der Waals surface area contributed by atoms with Crippen LogP contribution >= 0.6 is 11.8 Å². The predicted molar refractivity (Wildman–Crippen MR) is 78.7 cm³/mol. The minimum Gasteiger partial charge on any atom is -0.375 e. The summed E-state index contributed by atoms with van der Waals surface area (Å²) in [5.41, 5.74) is 0.544. The zero-order chi connectivity index (χ0) is 14.0. The van der Waals surface area contributed by atoms with Crippen LogP contribution < -0.4 is 0 Å². The molecule has 1 aromatic rings. The summed E-state index contributed by atoms with van der Waals surface area (Å²) in [6.07, 6.45) is 3.70. The minimum absolute atomic E-state index is 0.0253. The maximum absolute atomic E-state index is 12.9. The summed E-state index contributed by atoms with van der Waals surface area (Å²) in [5.74, 6) is 2.12. The lowest BCUT2D eigenvalue weighted by Gasteiger charge is -2.42. The number of thioether (sulfide) groups is 1. The molecule has 0 radical (unpaired) electrons. The van der Waals surface area contributed by atoms with E-state index in [-0.39, 0.29) is 23.1 Å². The van der Waals surface area contributed by atoms with Gasteiger partial charge in [-0.05, 0) is 61.5 Å². The van der Waals surface area contributed by atoms with Gasteiger partial charge in [0.25, 0.3) is 0 Å². The predicted octanol–water partition coefficient (Wildman–Crippen LogP) is 3.70. The van der Waals surface area contributed by atoms with Crippen molar-refractivity contribution in [2.75, 3.05) is 18.1 Å². The number of benzene rings is 1. The molecule has 1 atom stereocenters. The molecular formula is C16H19FO2S. The van der Waals surface area contributed by atoms with Crippen molar-refractivity contribution in [2.45, 2.75) is 31.3 Å². The third-order valence-corrected chi connectivity index (χ3v) is 5.38. The molecule has 4 heteroatoms. The quantitative estimate of drug-likeness (QED) is 0.778. The molecule has 0 amide bonds. The fourth-order valence-electron chi connectivity index (χ4n) is 3.19. The van der Waals surface area contributed by atoms with Gasteiger partial charge in [0, 0.05) is 18.1 Å². The lowest BCUT2D eigenvalue weighted by Crippen LogP contribution is -2.44. The Balaban J connectivity index is 1.73. The molecule has 1 unspecified atom stereocenters. The van der Waals surface area contributed by atoms with Crippen molar-refractivity contribution in [2.24, 2.45) is 5.92 Å². The zero-order valence-corrected chi connectivity index (χ0v) is 12.3. The SMILES string of the molecule is O=C(c1ccc(F)cc1)C1CCOC2(CCSCC2)C1. The molecule has 0 bridgehead atoms. The molecule has 108 valence electrons. The van der Waals surface area contributed by atoms with Crippen LogP contribution in [-0.4, -0.2) is 29.5 Å². The molecule has 2 nitrogen and oxygen atoms in total. The molecule has 1 spiro atoms. The van der Waals surface area contributed by atoms with Gasteiger partial charge in [-0.1, -0.05) is 0 Å². The van der Waals surface area contributed by atoms with Crippen LogP contribution in [-0.2, 0) is 4.74 Å². The lowest BCUT2D eigenvalue weighted by molar-refractivity contribution is -0.0959. The monoisotopic (exact) mass is 294 g/mol. The molecule has 0 N–H and O–H groups in total. The van der Waals surface area contributed by atoms with Gasteiger partial charge in [-0.25, -0.2) is 4.39 Å². The Labute approximate surface area is 123 Å². The largest absolute Gasteiger partial charge is 0.375 e. The number of rotatable bonds is 2. The number of halogens is 1. The summed E-state index contributed by atoms with van der Waals surface area (Å²) in [6, 6.07) is 5.91. The number of hydrogen-bond donors (Lipinski definition) is 0. The Morgan fingerprint density at radius 3 is 2.65 bits per heavy atom. The summed E-state index contributed by atoms with van der Waals surface area (Å²) in [7, 11) is 0. The smallest absolute Gasteiger partial charge is 0.166 e. The summed E-state index contributed by atoms with van der Waals surface area (Å²) in [5, 5.41) is 0. The van der Waals surface area contributed by atoms with Gasteiger partial charge >= 0.3 is 0 Å². The molecule has 2 aliphatic heterocycles. The highest BCUT2D eigenvalue weighted by molar-refractivity contribution is 7.99. The van der Waals surface area contributed by atoms with Crippen LogP contribution in [0.15, 0.2) is 24.3 Å². The molecule has 2 aliphatic rings. The number of ketones is 1. The second kappa shape index (κ2) is 5.86. The second-order valence-electron chi connectivity index (χ2n) is 5.70. The normalized spacial score (nSPS) is 25.6. The molecule has 2 heterocycles. The molecule has 0 aliphatic carbocycles. The summed E-state index contributed by atoms with van der Waals surface area (Å²) < 4.78 is 19.0. The first-order chi connectivity index (χ1) is 9.69. The van der Waals surface area contributed by atoms with Gasteiger partial charge in [-0.15, -0.1) is 0 Å². The highest BCUT2D eigenvalue weighted by Crippen LogP contribution is 2.40. The van der Waals surface area contributed by atoms with Crippen LogP contribution in [0, 0.1) is 11.7 Å². The average Bonchev–Trinajstić information content (AvgIpc) is 2.48. The first kappa shape index (κ1) is 14.1. The van der Waals surface area contributed by atoms with E-state index in [4.69, 9.17) is 4.74 Å². The second-order valence-corrected chi connectivity index (χ2v) is 6.93. The van der Waals surface area contributed by atoms with Crippen molar-refractivity contribution in [3.63, 3.8) is 0 Å². The van der Waals surface area contributed by atoms with E-state index in [1.165, 1.54) is 12.1 Å². The van der Waals surface area contributed by atoms with Crippen molar-refractivity contribution in [1.82, 2.24) is 0 Å². The van der Waals surface area contributed by atoms with Gasteiger partial charge < -0.3 is 4.74 Å². The standard InChI is InChI=1S/C16H19FO2S/c17-14-3-1-12(2-4-14)15(18)13-5-8-19-16(11-13)6-9-20-10-7-16/h1-4,13H,5-11H2. The minimum atomic E-state index is -0.297. The van der Waals surface area contributed by atoms with Crippen LogP contribution in [0.1, 0.15) is 36.0 Å². The van der Waals surface area contributed by atoms with Crippen LogP contribution in [0.3, 0.4) is 0 Å². The van der Waals surface area contributed by atoms with E-state index < -0.39 is 0 Å². The Morgan fingerprint density at radius 1 is 1.25 bits per heavy atom. The molecular weight excluding hydrogens is 275 g/mol. The molecule has 0 saturated carbocycles. The van der Waals surface area contributed by atoms with E-state index in [1.807, 2.05) is 11.8 Å². The van der Waals surface area contributed by atoms with Gasteiger partial charge in [-0.3, -0.25) is 4.79 Å². The first-order valence-corrected chi connectivity index (χ1v) is 8.36. The van der Waals surface area contributed by atoms with E-state index in [0.717, 1.165) is 37.2 Å². The van der Waals surface area contributed by atoms with E-state index in [0.29, 0.717) is 12.2 Å². The van der Waals surface area contributed by atoms with Gasteiger partial charge in [0.2, 0.25) is 0 Å². The number of Topliss-reactive ketones (excluding diaryl/α,β-unsaturated/α-hetero) is 1. The first-order valence-electron chi connectivity index (χ1n) is 7.20. The number of carbonyl (C=O) groups is 1. The third-order valence-electron chi connectivity index (χ3n) is 4.40. The van der Waals surface area contributed by atoms with Crippen molar-refractivity contribution in [3.05, 3.63) is 35.6 Å². The van der Waals surface area contributed by atoms with E-state index in [1.54, 1.807) is 12.1 Å². The fourth-order valence-corrected chi connectivity index (χ4v) is 4.43. The van der Waals surface area contributed by atoms with Crippen LogP contribution in [0.25, 0.3) is 0 Å². The Morgan fingerprint density at radius 2 is 1.95 bits per heavy atom. The summed E-state index contributed by atoms with van der Waals surface area (Å²) >= 11 is 1.96. The number of ether oxygens (including phenoxy) is 1. The third kappa shape index (κ3) is 2.91. The van der Waals surface area contributed by atoms with E-state index >= 15 is 0 Å². The lowest BCUT2D eigenvalue weighted by atomic mass is 9.79. The maximum Gasteiger partial charge on any atom is 0.166 e. The highest BCUT2D eigenvalue weighted by atomic mass is 32.2. The maximum atomic E-state index is 12.9. The Bertz CT molecular complexity index is 474. The van der Waals surface area contributed by atoms with Gasteiger partial charge in [0.15, 0.2) is 5.78 Å². The zero-order valence-electron chi connectivity index (χ0n) is 11.4. The van der Waals surface area contributed by atoms with Gasteiger partial charge in [0.1, 0.15) is 5.82 Å². The van der Waals surface area contributed by atoms with Crippen molar-refractivity contribution < 1.29 is 13.9 Å². The molecule has 0 aromatic heterocycles. The van der Waals surface area contributed by atoms with Gasteiger partial charge in [0.05, 0.1) is 5.60 Å². The van der Waals surface area contributed by atoms with Crippen LogP contribution in [0.5, 0.6) is 0 Å². The summed E-state index contributed by atoms with van der Waals surface area (Å²) in [6.45, 7) is 0.669. The molecule has 2 saturated heterocycles. The summed E-state index contributed by atoms with van der Waals surface area (Å²) in [4.78, 5) is 12.6. The Kier molecular flexibility index (Phi) is 4.13. The van der Waals surface area contributed by atoms with Crippen molar-refractivity contribution in [3.8, 4) is 0 Å². The van der Waals surface area contributed by atoms with Crippen molar-refractivity contribution in [1.29, 1.82) is 0 Å². The molecule has 3 rings (SSSR count). The van der Waals surface area contributed by atoms with Crippen LogP contribution in [0.2, 0.25) is 0 Å². The topological polar surface area (TPSA) is 26.3 Å². The van der Waals surface area contributed by atoms with E-state index in [2.05, 4.69) is 0 Å². The molecule has 20 heavy (non-hydrogen) atoms. The van der Waals surface area contributed by atoms with Crippen LogP contribution in [0.4, 0.5) is 4.39 Å². The van der Waals surface area contributed by atoms with Crippen molar-refractivity contribution >= 4 is 17.5 Å². The average molecular weight is 294 g/mol. The highest BCUT2D eigenvalue weighted by Gasteiger charge is 2.40. The Hall–Kier alpha value is -0.870. The number of hydrogen-bond acceptors (Lipinski definition) is 3. The fraction of sp³-hybridized carbons (Fsp3) is 0.562. The van der Waals surface area contributed by atoms with E-state index in [9.17, 15) is 9.18 Å². The molecule has 2 fully saturated rings. The number of carbonyl (C=O) groups excluding carboxylic acids is 1. The van der Waals surface area contributed by atoms with Gasteiger partial charge in [-0.2, -0.15) is 11.8 Å². The molecule has 1 aromatic carbocycles.